The van der Waals surface area contributed by atoms with E-state index in [4.69, 9.17) is 0 Å². The van der Waals surface area contributed by atoms with Gasteiger partial charge in [0.1, 0.15) is 0 Å². The van der Waals surface area contributed by atoms with Crippen molar-refractivity contribution in [3.05, 3.63) is 23.8 Å². The number of hydrogen-bond donors (Lipinski definition) is 2. The fourth-order valence-corrected chi connectivity index (χ4v) is 2.07. The van der Waals surface area contributed by atoms with Gasteiger partial charge in [0, 0.05) is 24.3 Å². The van der Waals surface area contributed by atoms with E-state index in [1.807, 2.05) is 37.7 Å². The first-order valence-electron chi connectivity index (χ1n) is 6.31. The Balaban J connectivity index is 2.63. The first-order chi connectivity index (χ1) is 8.69. The van der Waals surface area contributed by atoms with E-state index in [-0.39, 0.29) is 5.91 Å². The number of nitrogens with one attached hydrogen (secondary N) is 2. The second-order valence-electron chi connectivity index (χ2n) is 4.15. The zero-order valence-corrected chi connectivity index (χ0v) is 12.2. The number of rotatable bonds is 7. The topological polar surface area (TPSA) is 41.1 Å². The molecule has 2 N–H and O–H groups in total. The molecule has 3 nitrogen and oxygen atoms in total. The minimum absolute atomic E-state index is 0.0534. The lowest BCUT2D eigenvalue weighted by Gasteiger charge is -2.13. The van der Waals surface area contributed by atoms with Gasteiger partial charge in [-0.3, -0.25) is 4.79 Å². The van der Waals surface area contributed by atoms with Gasteiger partial charge in [-0.15, -0.1) is 0 Å². The molecule has 1 aromatic carbocycles. The molecule has 100 valence electrons. The highest BCUT2D eigenvalue weighted by Crippen LogP contribution is 2.23. The van der Waals surface area contributed by atoms with Gasteiger partial charge in [-0.1, -0.05) is 13.0 Å². The summed E-state index contributed by atoms with van der Waals surface area (Å²) in [7, 11) is 0. The number of hydrogen-bond acceptors (Lipinski definition) is 3. The third kappa shape index (κ3) is 4.61. The van der Waals surface area contributed by atoms with Crippen molar-refractivity contribution in [2.75, 3.05) is 29.2 Å². The molecule has 0 aliphatic carbocycles. The Morgan fingerprint density at radius 2 is 2.06 bits per heavy atom. The van der Waals surface area contributed by atoms with Crippen molar-refractivity contribution in [2.24, 2.45) is 0 Å². The molecule has 1 aromatic rings. The third-order valence-corrected chi connectivity index (χ3v) is 3.47. The van der Waals surface area contributed by atoms with Crippen LogP contribution in [0, 0.1) is 6.92 Å². The lowest BCUT2D eigenvalue weighted by molar-refractivity contribution is -0.115. The van der Waals surface area contributed by atoms with Gasteiger partial charge in [-0.25, -0.2) is 0 Å². The highest BCUT2D eigenvalue weighted by Gasteiger charge is 2.05. The molecule has 0 aliphatic rings. The number of carbonyl (C=O) groups excluding carboxylic acids is 1. The standard InChI is InChI=1S/C14H22N2OS/c1-4-14(17)16-13-8-5-7-12(11(13)2)15-9-6-10-18-3/h5,7-8,15H,4,6,9-10H2,1-3H3,(H,16,17). The zero-order valence-electron chi connectivity index (χ0n) is 11.4. The van der Waals surface area contributed by atoms with Gasteiger partial charge in [-0.05, 0) is 43.0 Å². The first-order valence-corrected chi connectivity index (χ1v) is 7.70. The summed E-state index contributed by atoms with van der Waals surface area (Å²) >= 11 is 1.86. The quantitative estimate of drug-likeness (QED) is 0.742. The molecule has 0 fully saturated rings. The molecule has 0 radical (unpaired) electrons. The van der Waals surface area contributed by atoms with Crippen LogP contribution >= 0.6 is 11.8 Å². The van der Waals surface area contributed by atoms with Gasteiger partial charge >= 0.3 is 0 Å². The minimum atomic E-state index is 0.0534. The minimum Gasteiger partial charge on any atom is -0.385 e. The van der Waals surface area contributed by atoms with Gasteiger partial charge in [0.15, 0.2) is 0 Å². The molecule has 4 heteroatoms. The summed E-state index contributed by atoms with van der Waals surface area (Å²) in [5, 5.41) is 6.33. The number of benzene rings is 1. The number of carbonyl (C=O) groups is 1. The maximum absolute atomic E-state index is 11.4. The van der Waals surface area contributed by atoms with Crippen LogP contribution in [0.1, 0.15) is 25.3 Å². The normalized spacial score (nSPS) is 10.2. The van der Waals surface area contributed by atoms with E-state index >= 15 is 0 Å². The predicted molar refractivity (Wildman–Crippen MR) is 81.6 cm³/mol. The van der Waals surface area contributed by atoms with Crippen molar-refractivity contribution in [1.82, 2.24) is 0 Å². The molecule has 0 spiro atoms. The molecule has 0 aliphatic heterocycles. The van der Waals surface area contributed by atoms with Crippen LogP contribution in [0.3, 0.4) is 0 Å². The van der Waals surface area contributed by atoms with Gasteiger partial charge in [-0.2, -0.15) is 11.8 Å². The summed E-state index contributed by atoms with van der Waals surface area (Å²) < 4.78 is 0. The van der Waals surface area contributed by atoms with Crippen LogP contribution in [-0.2, 0) is 4.79 Å². The van der Waals surface area contributed by atoms with Crippen LogP contribution in [0.25, 0.3) is 0 Å². The summed E-state index contributed by atoms with van der Waals surface area (Å²) in [4.78, 5) is 11.4. The van der Waals surface area contributed by atoms with E-state index < -0.39 is 0 Å². The largest absolute Gasteiger partial charge is 0.385 e. The van der Waals surface area contributed by atoms with E-state index in [0.717, 1.165) is 35.7 Å². The molecule has 0 heterocycles. The number of anilines is 2. The van der Waals surface area contributed by atoms with Crippen LogP contribution in [0.15, 0.2) is 18.2 Å². The lowest BCUT2D eigenvalue weighted by Crippen LogP contribution is -2.12. The molecule has 0 atom stereocenters. The fourth-order valence-electron chi connectivity index (χ4n) is 1.64. The lowest BCUT2D eigenvalue weighted by atomic mass is 10.1. The molecule has 1 rings (SSSR count). The average Bonchev–Trinajstić information content (AvgIpc) is 2.38. The zero-order chi connectivity index (χ0) is 13.4. The Labute approximate surface area is 114 Å². The summed E-state index contributed by atoms with van der Waals surface area (Å²) in [6.45, 7) is 4.85. The molecule has 0 bridgehead atoms. The average molecular weight is 266 g/mol. The molecular weight excluding hydrogens is 244 g/mol. The van der Waals surface area contributed by atoms with Crippen LogP contribution in [-0.4, -0.2) is 24.5 Å². The second kappa shape index (κ2) is 8.03. The molecular formula is C14H22N2OS. The van der Waals surface area contributed by atoms with E-state index in [1.54, 1.807) is 0 Å². The van der Waals surface area contributed by atoms with Crippen LogP contribution in [0.5, 0.6) is 0 Å². The van der Waals surface area contributed by atoms with Crippen molar-refractivity contribution in [2.45, 2.75) is 26.7 Å². The van der Waals surface area contributed by atoms with Crippen molar-refractivity contribution in [1.29, 1.82) is 0 Å². The van der Waals surface area contributed by atoms with E-state index in [1.165, 1.54) is 0 Å². The van der Waals surface area contributed by atoms with E-state index in [2.05, 4.69) is 23.0 Å². The van der Waals surface area contributed by atoms with E-state index in [0.29, 0.717) is 6.42 Å². The summed E-state index contributed by atoms with van der Waals surface area (Å²) in [6.07, 6.45) is 3.77. The summed E-state index contributed by atoms with van der Waals surface area (Å²) in [6, 6.07) is 5.96. The first kappa shape index (κ1) is 14.9. The molecule has 0 unspecified atom stereocenters. The molecule has 1 amide bonds. The van der Waals surface area contributed by atoms with Crippen molar-refractivity contribution >= 4 is 29.0 Å². The Bertz CT molecular complexity index is 393. The van der Waals surface area contributed by atoms with Gasteiger partial charge < -0.3 is 10.6 Å². The third-order valence-electron chi connectivity index (χ3n) is 2.77. The smallest absolute Gasteiger partial charge is 0.224 e. The van der Waals surface area contributed by atoms with Gasteiger partial charge in [0.2, 0.25) is 5.91 Å². The molecule has 0 aromatic heterocycles. The summed E-state index contributed by atoms with van der Waals surface area (Å²) in [5.74, 6) is 1.22. The van der Waals surface area contributed by atoms with Crippen molar-refractivity contribution < 1.29 is 4.79 Å². The molecule has 18 heavy (non-hydrogen) atoms. The van der Waals surface area contributed by atoms with Crippen LogP contribution < -0.4 is 10.6 Å². The van der Waals surface area contributed by atoms with Gasteiger partial charge in [0.05, 0.1) is 0 Å². The highest BCUT2D eigenvalue weighted by molar-refractivity contribution is 7.98. The Kier molecular flexibility index (Phi) is 6.65. The van der Waals surface area contributed by atoms with Gasteiger partial charge in [0.25, 0.3) is 0 Å². The Morgan fingerprint density at radius 3 is 2.72 bits per heavy atom. The van der Waals surface area contributed by atoms with Crippen molar-refractivity contribution in [3.63, 3.8) is 0 Å². The van der Waals surface area contributed by atoms with Crippen LogP contribution in [0.4, 0.5) is 11.4 Å². The summed E-state index contributed by atoms with van der Waals surface area (Å²) in [5.41, 5.74) is 3.10. The highest BCUT2D eigenvalue weighted by atomic mass is 32.2. The molecule has 0 saturated carbocycles. The van der Waals surface area contributed by atoms with Crippen molar-refractivity contribution in [3.8, 4) is 0 Å². The fraction of sp³-hybridized carbons (Fsp3) is 0.500. The predicted octanol–water partition coefficient (Wildman–Crippen LogP) is 3.51. The second-order valence-corrected chi connectivity index (χ2v) is 5.14. The number of thioether (sulfide) groups is 1. The maximum atomic E-state index is 11.4. The Hall–Kier alpha value is -1.16. The maximum Gasteiger partial charge on any atom is 0.224 e. The number of amides is 1. The SMILES string of the molecule is CCC(=O)Nc1cccc(NCCCSC)c1C. The van der Waals surface area contributed by atoms with E-state index in [9.17, 15) is 4.79 Å². The monoisotopic (exact) mass is 266 g/mol. The van der Waals surface area contributed by atoms with Crippen LogP contribution in [0.2, 0.25) is 0 Å². The molecule has 0 saturated heterocycles. The Morgan fingerprint density at radius 1 is 1.33 bits per heavy atom.